The zero-order chi connectivity index (χ0) is 19.3. The van der Waals surface area contributed by atoms with Crippen LogP contribution in [0.25, 0.3) is 0 Å². The minimum atomic E-state index is 0.00657. The number of methoxy groups -OCH3 is 1. The molecule has 1 amide bonds. The van der Waals surface area contributed by atoms with Gasteiger partial charge in [-0.25, -0.2) is 4.98 Å². The Morgan fingerprint density at radius 2 is 1.82 bits per heavy atom. The number of carbonyl (C=O) groups excluding carboxylic acids is 1. The van der Waals surface area contributed by atoms with Crippen LogP contribution in [-0.4, -0.2) is 55.1 Å². The van der Waals surface area contributed by atoms with Gasteiger partial charge in [0.05, 0.1) is 24.7 Å². The van der Waals surface area contributed by atoms with Gasteiger partial charge in [0.2, 0.25) is 0 Å². The molecule has 1 aliphatic carbocycles. The molecule has 1 N–H and O–H groups in total. The van der Waals surface area contributed by atoms with Crippen molar-refractivity contribution in [3.63, 3.8) is 0 Å². The molecule has 0 unspecified atom stereocenters. The number of benzene rings is 1. The number of nitrogens with zero attached hydrogens (tertiary/aromatic N) is 3. The molecule has 1 aromatic carbocycles. The predicted octanol–water partition coefficient (Wildman–Crippen LogP) is 3.41. The summed E-state index contributed by atoms with van der Waals surface area (Å²) in [4.78, 5) is 21.4. The number of nitrogens with one attached hydrogen (secondary N) is 1. The molecular formula is C22H28N4O2. The Hall–Kier alpha value is -2.76. The molecule has 6 heteroatoms. The Bertz CT molecular complexity index is 794. The van der Waals surface area contributed by atoms with Crippen molar-refractivity contribution in [2.75, 3.05) is 43.5 Å². The van der Waals surface area contributed by atoms with Gasteiger partial charge in [0.25, 0.3) is 5.91 Å². The number of hydrogen-bond donors (Lipinski definition) is 1. The highest BCUT2D eigenvalue weighted by Crippen LogP contribution is 2.28. The first-order valence-corrected chi connectivity index (χ1v) is 10.1. The summed E-state index contributed by atoms with van der Waals surface area (Å²) >= 11 is 0. The van der Waals surface area contributed by atoms with E-state index in [4.69, 9.17) is 4.74 Å². The van der Waals surface area contributed by atoms with Gasteiger partial charge in [0.15, 0.2) is 0 Å². The number of rotatable bonds is 5. The van der Waals surface area contributed by atoms with Gasteiger partial charge in [-0.2, -0.15) is 0 Å². The highest BCUT2D eigenvalue weighted by atomic mass is 16.5. The molecule has 1 aromatic heterocycles. The first kappa shape index (κ1) is 18.6. The Balaban J connectivity index is 1.34. The number of para-hydroxylation sites is 2. The lowest BCUT2D eigenvalue weighted by Crippen LogP contribution is -2.49. The number of hydrogen-bond acceptors (Lipinski definition) is 5. The highest BCUT2D eigenvalue weighted by molar-refractivity contribution is 5.92. The Morgan fingerprint density at radius 1 is 1.07 bits per heavy atom. The minimum Gasteiger partial charge on any atom is -0.495 e. The fourth-order valence-electron chi connectivity index (χ4n) is 4.12. The predicted molar refractivity (Wildman–Crippen MR) is 111 cm³/mol. The third kappa shape index (κ3) is 4.06. The highest BCUT2D eigenvalue weighted by Gasteiger charge is 2.24. The second-order valence-corrected chi connectivity index (χ2v) is 7.51. The molecule has 1 saturated heterocycles. The van der Waals surface area contributed by atoms with E-state index >= 15 is 0 Å². The van der Waals surface area contributed by atoms with Crippen LogP contribution >= 0.6 is 0 Å². The van der Waals surface area contributed by atoms with Gasteiger partial charge in [-0.15, -0.1) is 0 Å². The smallest absolute Gasteiger partial charge is 0.272 e. The number of carbonyl (C=O) groups is 1. The molecule has 0 spiro atoms. The number of aromatic nitrogens is 1. The molecule has 1 aliphatic heterocycles. The zero-order valence-electron chi connectivity index (χ0n) is 16.4. The van der Waals surface area contributed by atoms with Crippen molar-refractivity contribution in [1.82, 2.24) is 9.88 Å². The van der Waals surface area contributed by atoms with Crippen LogP contribution in [0.4, 0.5) is 11.4 Å². The van der Waals surface area contributed by atoms with Gasteiger partial charge in [0, 0.05) is 32.2 Å². The zero-order valence-corrected chi connectivity index (χ0v) is 16.4. The van der Waals surface area contributed by atoms with E-state index < -0.39 is 0 Å². The van der Waals surface area contributed by atoms with Crippen LogP contribution in [-0.2, 0) is 0 Å². The third-order valence-corrected chi connectivity index (χ3v) is 5.70. The van der Waals surface area contributed by atoms with Crippen LogP contribution < -0.4 is 15.0 Å². The van der Waals surface area contributed by atoms with Crippen LogP contribution in [0.3, 0.4) is 0 Å². The summed E-state index contributed by atoms with van der Waals surface area (Å²) in [5.74, 6) is 0.876. The maximum absolute atomic E-state index is 12.8. The number of ether oxygens (including phenoxy) is 1. The molecule has 6 nitrogen and oxygen atoms in total. The summed E-state index contributed by atoms with van der Waals surface area (Å²) < 4.78 is 5.46. The van der Waals surface area contributed by atoms with Crippen molar-refractivity contribution in [1.29, 1.82) is 0 Å². The first-order valence-electron chi connectivity index (χ1n) is 10.1. The van der Waals surface area contributed by atoms with Crippen molar-refractivity contribution in [2.45, 2.75) is 31.7 Å². The largest absolute Gasteiger partial charge is 0.495 e. The molecule has 28 heavy (non-hydrogen) atoms. The van der Waals surface area contributed by atoms with Crippen molar-refractivity contribution in [2.24, 2.45) is 0 Å². The molecule has 148 valence electrons. The van der Waals surface area contributed by atoms with Crippen molar-refractivity contribution >= 4 is 17.3 Å². The maximum atomic E-state index is 12.8. The minimum absolute atomic E-state index is 0.00657. The lowest BCUT2D eigenvalue weighted by Gasteiger charge is -2.36. The quantitative estimate of drug-likeness (QED) is 0.861. The fourth-order valence-corrected chi connectivity index (χ4v) is 4.12. The molecule has 1 saturated carbocycles. The second kappa shape index (κ2) is 8.50. The molecule has 0 bridgehead atoms. The molecule has 4 rings (SSSR count). The maximum Gasteiger partial charge on any atom is 0.272 e. The van der Waals surface area contributed by atoms with E-state index in [1.165, 1.54) is 25.7 Å². The number of pyridine rings is 1. The average Bonchev–Trinajstić information content (AvgIpc) is 3.27. The molecule has 2 heterocycles. The Morgan fingerprint density at radius 3 is 2.50 bits per heavy atom. The van der Waals surface area contributed by atoms with E-state index in [2.05, 4.69) is 21.3 Å². The third-order valence-electron chi connectivity index (χ3n) is 5.70. The molecule has 0 radical (unpaired) electrons. The first-order chi connectivity index (χ1) is 13.7. The van der Waals surface area contributed by atoms with E-state index in [1.807, 2.05) is 35.2 Å². The van der Waals surface area contributed by atoms with Gasteiger partial charge >= 0.3 is 0 Å². The summed E-state index contributed by atoms with van der Waals surface area (Å²) in [5, 5.41) is 3.52. The van der Waals surface area contributed by atoms with Gasteiger partial charge in [0.1, 0.15) is 11.4 Å². The summed E-state index contributed by atoms with van der Waals surface area (Å²) in [5.41, 5.74) is 2.60. The van der Waals surface area contributed by atoms with E-state index in [0.29, 0.717) is 24.8 Å². The van der Waals surface area contributed by atoms with Gasteiger partial charge in [-0.05, 0) is 37.1 Å². The summed E-state index contributed by atoms with van der Waals surface area (Å²) in [6.07, 6.45) is 6.82. The van der Waals surface area contributed by atoms with E-state index in [9.17, 15) is 4.79 Å². The second-order valence-electron chi connectivity index (χ2n) is 7.51. The lowest BCUT2D eigenvalue weighted by molar-refractivity contribution is 0.0741. The molecule has 0 atom stereocenters. The van der Waals surface area contributed by atoms with Gasteiger partial charge in [-0.3, -0.25) is 4.79 Å². The van der Waals surface area contributed by atoms with Gasteiger partial charge in [-0.1, -0.05) is 25.0 Å². The van der Waals surface area contributed by atoms with Gasteiger partial charge < -0.3 is 19.9 Å². The van der Waals surface area contributed by atoms with E-state index in [-0.39, 0.29) is 5.91 Å². The average molecular weight is 380 g/mol. The summed E-state index contributed by atoms with van der Waals surface area (Å²) in [7, 11) is 1.69. The molecule has 2 aromatic rings. The monoisotopic (exact) mass is 380 g/mol. The fraction of sp³-hybridized carbons (Fsp3) is 0.455. The Kier molecular flexibility index (Phi) is 5.65. The van der Waals surface area contributed by atoms with Crippen LogP contribution in [0, 0.1) is 0 Å². The van der Waals surface area contributed by atoms with Crippen LogP contribution in [0.1, 0.15) is 36.2 Å². The van der Waals surface area contributed by atoms with Crippen LogP contribution in [0.5, 0.6) is 5.75 Å². The summed E-state index contributed by atoms with van der Waals surface area (Å²) in [6.45, 7) is 2.93. The molecular weight excluding hydrogens is 352 g/mol. The van der Waals surface area contributed by atoms with Crippen molar-refractivity contribution in [3.8, 4) is 5.75 Å². The van der Waals surface area contributed by atoms with Crippen molar-refractivity contribution in [3.05, 3.63) is 48.3 Å². The van der Waals surface area contributed by atoms with Crippen LogP contribution in [0.15, 0.2) is 42.6 Å². The SMILES string of the molecule is COc1ccccc1N1CCN(C(=O)c2ccc(NC3CCCC3)cn2)CC1. The summed E-state index contributed by atoms with van der Waals surface area (Å²) in [6, 6.07) is 12.4. The topological polar surface area (TPSA) is 57.7 Å². The lowest BCUT2D eigenvalue weighted by atomic mass is 10.2. The molecule has 2 fully saturated rings. The van der Waals surface area contributed by atoms with E-state index in [0.717, 1.165) is 30.2 Å². The number of piperazine rings is 1. The Labute approximate surface area is 166 Å². The van der Waals surface area contributed by atoms with Crippen molar-refractivity contribution < 1.29 is 9.53 Å². The standard InChI is InChI=1S/C22H28N4O2/c1-28-21-9-5-4-8-20(21)25-12-14-26(15-13-25)22(27)19-11-10-18(16-23-19)24-17-6-2-3-7-17/h4-5,8-11,16-17,24H,2-3,6-7,12-15H2,1H3. The number of anilines is 2. The molecule has 2 aliphatic rings. The number of amides is 1. The normalized spacial score (nSPS) is 17.6. The van der Waals surface area contributed by atoms with Crippen LogP contribution in [0.2, 0.25) is 0 Å². The van der Waals surface area contributed by atoms with E-state index in [1.54, 1.807) is 13.3 Å².